The van der Waals surface area contributed by atoms with E-state index in [0.29, 0.717) is 16.6 Å². The predicted molar refractivity (Wildman–Crippen MR) is 122 cm³/mol. The summed E-state index contributed by atoms with van der Waals surface area (Å²) in [6, 6.07) is 9.06. The average molecular weight is 538 g/mol. The van der Waals surface area contributed by atoms with E-state index in [4.69, 9.17) is 16.6 Å². The minimum atomic E-state index is -4.70. The van der Waals surface area contributed by atoms with Crippen molar-refractivity contribution < 1.29 is 44.6 Å². The fourth-order valence-electron chi connectivity index (χ4n) is 2.91. The first kappa shape index (κ1) is 27.0. The molecule has 0 aliphatic heterocycles. The molecule has 0 aliphatic rings. The topological polar surface area (TPSA) is 72.7 Å². The molecule has 0 amide bonds. The van der Waals surface area contributed by atoms with Crippen LogP contribution in [0.2, 0.25) is 0 Å². The lowest BCUT2D eigenvalue weighted by molar-refractivity contribution is -0.153. The van der Waals surface area contributed by atoms with Crippen molar-refractivity contribution in [3.63, 3.8) is 0 Å². The third kappa shape index (κ3) is 7.47. The second-order valence-electron chi connectivity index (χ2n) is 7.49. The Labute approximate surface area is 204 Å². The first-order valence-corrected chi connectivity index (χ1v) is 10.4. The molecule has 0 fully saturated rings. The van der Waals surface area contributed by atoms with E-state index in [9.17, 15) is 35.5 Å². The number of thiocarbonyl (C=S) groups is 1. The van der Waals surface area contributed by atoms with E-state index in [1.807, 2.05) is 0 Å². The van der Waals surface area contributed by atoms with Gasteiger partial charge in [0, 0.05) is 47.1 Å². The molecule has 0 saturated heterocycles. The Hall–Kier alpha value is -3.55. The summed E-state index contributed by atoms with van der Waals surface area (Å²) in [6.45, 7) is -1.70. The molecule has 36 heavy (non-hydrogen) atoms. The molecule has 2 aromatic carbocycles. The van der Waals surface area contributed by atoms with Crippen LogP contribution in [0.3, 0.4) is 0 Å². The summed E-state index contributed by atoms with van der Waals surface area (Å²) in [7, 11) is 0. The lowest BCUT2D eigenvalue weighted by atomic mass is 10.1. The maximum Gasteiger partial charge on any atom is 0.422 e. The molecule has 1 aromatic heterocycles. The zero-order chi connectivity index (χ0) is 26.7. The van der Waals surface area contributed by atoms with E-state index in [0.717, 1.165) is 18.2 Å². The maximum absolute atomic E-state index is 13.2. The van der Waals surface area contributed by atoms with Gasteiger partial charge in [0.15, 0.2) is 18.3 Å². The van der Waals surface area contributed by atoms with Crippen molar-refractivity contribution in [3.8, 4) is 11.5 Å². The van der Waals surface area contributed by atoms with Crippen molar-refractivity contribution in [3.05, 3.63) is 58.4 Å². The number of hydrogen-bond donors (Lipinski definition) is 2. The van der Waals surface area contributed by atoms with E-state index >= 15 is 0 Å². The molecular weight excluding hydrogens is 521 g/mol. The van der Waals surface area contributed by atoms with Crippen LogP contribution in [-0.4, -0.2) is 36.9 Å². The second-order valence-corrected chi connectivity index (χ2v) is 7.89. The third-order valence-electron chi connectivity index (χ3n) is 4.50. The SMILES string of the molecule is Cc1cc(=O)oc2cc(NC(=S)Nc3cc(OCC(F)(F)F)cc(OCC(F)(F)C(F)F)c3)ccc12. The number of anilines is 2. The van der Waals surface area contributed by atoms with Gasteiger partial charge in [-0.15, -0.1) is 0 Å². The van der Waals surface area contributed by atoms with Crippen LogP contribution in [0.15, 0.2) is 51.7 Å². The Kier molecular flexibility index (Phi) is 7.96. The summed E-state index contributed by atoms with van der Waals surface area (Å²) in [5.41, 5.74) is 0.732. The van der Waals surface area contributed by atoms with Crippen LogP contribution in [0.5, 0.6) is 11.5 Å². The van der Waals surface area contributed by atoms with Crippen LogP contribution in [-0.2, 0) is 0 Å². The predicted octanol–water partition coefficient (Wildman–Crippen LogP) is 6.13. The van der Waals surface area contributed by atoms with Crippen molar-refractivity contribution in [2.45, 2.75) is 25.4 Å². The molecule has 0 bridgehead atoms. The van der Waals surface area contributed by atoms with E-state index < -0.39 is 48.9 Å². The molecule has 0 atom stereocenters. The lowest BCUT2D eigenvalue weighted by Crippen LogP contribution is -2.33. The fraction of sp³-hybridized carbons (Fsp3) is 0.273. The quantitative estimate of drug-likeness (QED) is 0.203. The van der Waals surface area contributed by atoms with Gasteiger partial charge in [0.2, 0.25) is 0 Å². The molecule has 0 saturated carbocycles. The molecule has 0 spiro atoms. The zero-order valence-electron chi connectivity index (χ0n) is 18.2. The van der Waals surface area contributed by atoms with Crippen molar-refractivity contribution >= 4 is 39.7 Å². The Morgan fingerprint density at radius 1 is 0.944 bits per heavy atom. The number of halogens is 7. The van der Waals surface area contributed by atoms with Crippen molar-refractivity contribution in [2.75, 3.05) is 23.8 Å². The van der Waals surface area contributed by atoms with Gasteiger partial charge in [-0.1, -0.05) is 0 Å². The smallest absolute Gasteiger partial charge is 0.422 e. The lowest BCUT2D eigenvalue weighted by Gasteiger charge is -2.18. The summed E-state index contributed by atoms with van der Waals surface area (Å²) < 4.78 is 103. The molecule has 6 nitrogen and oxygen atoms in total. The Morgan fingerprint density at radius 3 is 2.17 bits per heavy atom. The van der Waals surface area contributed by atoms with Gasteiger partial charge in [0.05, 0.1) is 0 Å². The monoisotopic (exact) mass is 538 g/mol. The summed E-state index contributed by atoms with van der Waals surface area (Å²) >= 11 is 5.17. The highest BCUT2D eigenvalue weighted by Crippen LogP contribution is 2.30. The van der Waals surface area contributed by atoms with E-state index in [1.54, 1.807) is 19.1 Å². The van der Waals surface area contributed by atoms with Crippen molar-refractivity contribution in [2.24, 2.45) is 0 Å². The van der Waals surface area contributed by atoms with Gasteiger partial charge in [-0.25, -0.2) is 13.6 Å². The van der Waals surface area contributed by atoms with Gasteiger partial charge < -0.3 is 24.5 Å². The molecule has 0 aliphatic carbocycles. The van der Waals surface area contributed by atoms with Crippen LogP contribution in [0.25, 0.3) is 11.0 Å². The number of hydrogen-bond acceptors (Lipinski definition) is 5. The summed E-state index contributed by atoms with van der Waals surface area (Å²) in [6.07, 6.45) is -8.71. The standard InChI is InChI=1S/C22H17F7N2O4S/c1-11-4-18(32)35-17-7-12(2-3-16(11)17)30-20(36)31-13-5-14(33-9-21(25,26)19(23)24)8-15(6-13)34-10-22(27,28)29/h2-8,19H,9-10H2,1H3,(H2,30,31,36). The Bertz CT molecular complexity index is 1310. The molecule has 194 valence electrons. The minimum absolute atomic E-state index is 0.0503. The first-order chi connectivity index (χ1) is 16.7. The molecule has 3 aromatic rings. The van der Waals surface area contributed by atoms with Crippen molar-refractivity contribution in [1.29, 1.82) is 0 Å². The average Bonchev–Trinajstić information content (AvgIpc) is 2.75. The molecule has 3 rings (SSSR count). The van der Waals surface area contributed by atoms with Crippen LogP contribution < -0.4 is 25.7 Å². The van der Waals surface area contributed by atoms with Crippen LogP contribution in [0.4, 0.5) is 42.1 Å². The summed E-state index contributed by atoms with van der Waals surface area (Å²) in [5, 5.41) is 5.96. The Balaban J connectivity index is 1.79. The largest absolute Gasteiger partial charge is 0.487 e. The van der Waals surface area contributed by atoms with E-state index in [-0.39, 0.29) is 16.4 Å². The van der Waals surface area contributed by atoms with Crippen LogP contribution in [0, 0.1) is 6.92 Å². The normalized spacial score (nSPS) is 12.0. The third-order valence-corrected chi connectivity index (χ3v) is 4.70. The van der Waals surface area contributed by atoms with Gasteiger partial charge in [-0.2, -0.15) is 22.0 Å². The molecule has 2 N–H and O–H groups in total. The summed E-state index contributed by atoms with van der Waals surface area (Å²) in [4.78, 5) is 11.6. The Morgan fingerprint density at radius 2 is 1.56 bits per heavy atom. The number of alkyl halides is 7. The number of nitrogens with one attached hydrogen (secondary N) is 2. The number of aryl methyl sites for hydroxylation is 1. The number of fused-ring (bicyclic) bond motifs is 1. The highest BCUT2D eigenvalue weighted by molar-refractivity contribution is 7.80. The number of benzene rings is 2. The fourth-order valence-corrected chi connectivity index (χ4v) is 3.15. The second kappa shape index (κ2) is 10.6. The highest BCUT2D eigenvalue weighted by atomic mass is 32.1. The maximum atomic E-state index is 13.2. The number of ether oxygens (including phenoxy) is 2. The van der Waals surface area contributed by atoms with Crippen molar-refractivity contribution in [1.82, 2.24) is 0 Å². The zero-order valence-corrected chi connectivity index (χ0v) is 19.0. The highest BCUT2D eigenvalue weighted by Gasteiger charge is 2.41. The van der Waals surface area contributed by atoms with Crippen LogP contribution in [0.1, 0.15) is 5.56 Å². The minimum Gasteiger partial charge on any atom is -0.487 e. The van der Waals surface area contributed by atoms with E-state index in [1.165, 1.54) is 12.1 Å². The van der Waals surface area contributed by atoms with Gasteiger partial charge in [-0.05, 0) is 36.8 Å². The number of rotatable bonds is 8. The van der Waals surface area contributed by atoms with Gasteiger partial charge in [0.1, 0.15) is 17.1 Å². The molecule has 14 heteroatoms. The van der Waals surface area contributed by atoms with Gasteiger partial charge in [-0.3, -0.25) is 0 Å². The summed E-state index contributed by atoms with van der Waals surface area (Å²) in [5.74, 6) is -5.40. The van der Waals surface area contributed by atoms with E-state index in [2.05, 4.69) is 20.1 Å². The first-order valence-electron chi connectivity index (χ1n) is 9.98. The van der Waals surface area contributed by atoms with Gasteiger partial charge in [0.25, 0.3) is 0 Å². The van der Waals surface area contributed by atoms with Crippen LogP contribution >= 0.6 is 12.2 Å². The van der Waals surface area contributed by atoms with Gasteiger partial charge >= 0.3 is 24.1 Å². The molecule has 0 unspecified atom stereocenters. The molecule has 0 radical (unpaired) electrons. The molecular formula is C22H17F7N2O4S. The molecule has 1 heterocycles.